The van der Waals surface area contributed by atoms with E-state index in [9.17, 15) is 9.59 Å². The summed E-state index contributed by atoms with van der Waals surface area (Å²) in [6, 6.07) is 21.2. The van der Waals surface area contributed by atoms with E-state index >= 15 is 0 Å². The summed E-state index contributed by atoms with van der Waals surface area (Å²) in [4.78, 5) is 24.7. The highest BCUT2D eigenvalue weighted by Crippen LogP contribution is 2.29. The highest BCUT2D eigenvalue weighted by molar-refractivity contribution is 7.80. The molecule has 2 amide bonds. The second-order valence-electron chi connectivity index (χ2n) is 6.51. The van der Waals surface area contributed by atoms with Crippen molar-refractivity contribution >= 4 is 52.1 Å². The number of hydrogen-bond acceptors (Lipinski definition) is 4. The van der Waals surface area contributed by atoms with Crippen LogP contribution < -0.4 is 20.7 Å². The maximum atomic E-state index is 12.5. The van der Waals surface area contributed by atoms with Crippen LogP contribution in [0.2, 0.25) is 5.02 Å². The van der Waals surface area contributed by atoms with Crippen LogP contribution in [0.4, 0.5) is 11.4 Å². The van der Waals surface area contributed by atoms with Crippen LogP contribution >= 0.6 is 23.8 Å². The van der Waals surface area contributed by atoms with Crippen molar-refractivity contribution in [2.45, 2.75) is 6.42 Å². The van der Waals surface area contributed by atoms with E-state index in [1.807, 2.05) is 30.3 Å². The van der Waals surface area contributed by atoms with Gasteiger partial charge in [-0.25, -0.2) is 0 Å². The predicted octanol–water partition coefficient (Wildman–Crippen LogP) is 4.66. The molecule has 3 rings (SSSR count). The Labute approximate surface area is 190 Å². The highest BCUT2D eigenvalue weighted by atomic mass is 35.5. The van der Waals surface area contributed by atoms with Crippen molar-refractivity contribution in [2.75, 3.05) is 17.7 Å². The van der Waals surface area contributed by atoms with E-state index in [1.54, 1.807) is 42.5 Å². The van der Waals surface area contributed by atoms with E-state index in [4.69, 9.17) is 28.6 Å². The summed E-state index contributed by atoms with van der Waals surface area (Å²) < 4.78 is 5.38. The van der Waals surface area contributed by atoms with Crippen LogP contribution in [0.25, 0.3) is 0 Å². The molecule has 6 nitrogen and oxygen atoms in total. The lowest BCUT2D eigenvalue weighted by molar-refractivity contribution is -0.119. The Morgan fingerprint density at radius 2 is 1.68 bits per heavy atom. The molecule has 0 bridgehead atoms. The van der Waals surface area contributed by atoms with E-state index in [2.05, 4.69) is 16.0 Å². The number of carbonyl (C=O) groups is 2. The van der Waals surface area contributed by atoms with Crippen LogP contribution in [0.15, 0.2) is 72.8 Å². The third-order valence-electron chi connectivity index (χ3n) is 4.29. The zero-order chi connectivity index (χ0) is 22.2. The zero-order valence-corrected chi connectivity index (χ0v) is 18.2. The van der Waals surface area contributed by atoms with Crippen molar-refractivity contribution in [1.29, 1.82) is 0 Å². The Hall–Kier alpha value is -3.42. The van der Waals surface area contributed by atoms with Gasteiger partial charge in [0, 0.05) is 11.8 Å². The molecule has 0 heterocycles. The average molecular weight is 454 g/mol. The van der Waals surface area contributed by atoms with Crippen molar-refractivity contribution in [2.24, 2.45) is 0 Å². The van der Waals surface area contributed by atoms with E-state index in [0.717, 1.165) is 5.56 Å². The van der Waals surface area contributed by atoms with Gasteiger partial charge < -0.3 is 20.7 Å². The summed E-state index contributed by atoms with van der Waals surface area (Å²) >= 11 is 11.3. The fraction of sp³-hybridized carbons (Fsp3) is 0.0870. The topological polar surface area (TPSA) is 79.5 Å². The molecule has 0 saturated heterocycles. The first-order chi connectivity index (χ1) is 15.0. The molecule has 0 radical (unpaired) electrons. The Bertz CT molecular complexity index is 1110. The Kier molecular flexibility index (Phi) is 7.59. The summed E-state index contributed by atoms with van der Waals surface area (Å²) in [6.45, 7) is 0. The summed E-state index contributed by atoms with van der Waals surface area (Å²) in [5.41, 5.74) is 2.31. The van der Waals surface area contributed by atoms with Crippen LogP contribution in [-0.4, -0.2) is 24.0 Å². The molecule has 31 heavy (non-hydrogen) atoms. The van der Waals surface area contributed by atoms with Crippen LogP contribution in [0.3, 0.4) is 0 Å². The lowest BCUT2D eigenvalue weighted by Gasteiger charge is -2.14. The number of nitrogens with one attached hydrogen (secondary N) is 3. The number of anilines is 2. The fourth-order valence-corrected chi connectivity index (χ4v) is 3.27. The van der Waals surface area contributed by atoms with Crippen molar-refractivity contribution in [3.63, 3.8) is 0 Å². The second kappa shape index (κ2) is 10.6. The van der Waals surface area contributed by atoms with Crippen molar-refractivity contribution in [3.05, 3.63) is 88.9 Å². The highest BCUT2D eigenvalue weighted by Gasteiger charge is 2.14. The largest absolute Gasteiger partial charge is 0.494 e. The number of rotatable bonds is 6. The van der Waals surface area contributed by atoms with Gasteiger partial charge in [0.05, 0.1) is 29.8 Å². The smallest absolute Gasteiger partial charge is 0.257 e. The Balaban J connectivity index is 1.62. The van der Waals surface area contributed by atoms with Gasteiger partial charge >= 0.3 is 0 Å². The molecular formula is C23H20ClN3O3S. The number of hydrogen-bond donors (Lipinski definition) is 3. The predicted molar refractivity (Wildman–Crippen MR) is 127 cm³/mol. The van der Waals surface area contributed by atoms with Gasteiger partial charge in [-0.15, -0.1) is 0 Å². The normalized spacial score (nSPS) is 10.1. The van der Waals surface area contributed by atoms with Crippen LogP contribution in [0.5, 0.6) is 5.75 Å². The van der Waals surface area contributed by atoms with Gasteiger partial charge in [-0.1, -0.05) is 54.1 Å². The molecule has 3 aromatic carbocycles. The molecule has 0 aliphatic rings. The van der Waals surface area contributed by atoms with Gasteiger partial charge in [-0.2, -0.15) is 0 Å². The number of amides is 2. The lowest BCUT2D eigenvalue weighted by atomic mass is 10.1. The van der Waals surface area contributed by atoms with Gasteiger partial charge in [0.25, 0.3) is 5.91 Å². The molecule has 158 valence electrons. The molecule has 3 N–H and O–H groups in total. The molecule has 3 aromatic rings. The molecule has 0 aromatic heterocycles. The quantitative estimate of drug-likeness (QED) is 0.473. The standard InChI is InChI=1S/C23H20ClN3O3S/c1-30-20-14-16(25-23(31)27-21(28)13-15-7-3-2-4-8-15)11-12-19(20)26-22(29)17-9-5-6-10-18(17)24/h2-12,14H,13H2,1H3,(H,26,29)(H2,25,27,28,31). The molecule has 0 fully saturated rings. The number of halogens is 1. The number of benzene rings is 3. The number of methoxy groups -OCH3 is 1. The van der Waals surface area contributed by atoms with E-state index < -0.39 is 0 Å². The second-order valence-corrected chi connectivity index (χ2v) is 7.33. The first-order valence-corrected chi connectivity index (χ1v) is 10.1. The molecular weight excluding hydrogens is 434 g/mol. The van der Waals surface area contributed by atoms with Crippen LogP contribution in [0, 0.1) is 0 Å². The van der Waals surface area contributed by atoms with Crippen molar-refractivity contribution < 1.29 is 14.3 Å². The Morgan fingerprint density at radius 1 is 0.968 bits per heavy atom. The summed E-state index contributed by atoms with van der Waals surface area (Å²) in [6.07, 6.45) is 0.221. The summed E-state index contributed by atoms with van der Waals surface area (Å²) in [5, 5.41) is 8.88. The average Bonchev–Trinajstić information content (AvgIpc) is 2.75. The first-order valence-electron chi connectivity index (χ1n) is 9.35. The van der Waals surface area contributed by atoms with Gasteiger partial charge in [0.15, 0.2) is 5.11 Å². The monoisotopic (exact) mass is 453 g/mol. The molecule has 0 spiro atoms. The lowest BCUT2D eigenvalue weighted by Crippen LogP contribution is -2.35. The van der Waals surface area contributed by atoms with Crippen LogP contribution in [0.1, 0.15) is 15.9 Å². The minimum absolute atomic E-state index is 0.163. The third-order valence-corrected chi connectivity index (χ3v) is 4.82. The third kappa shape index (κ3) is 6.28. The minimum atomic E-state index is -0.353. The molecule has 0 atom stereocenters. The zero-order valence-electron chi connectivity index (χ0n) is 16.6. The first kappa shape index (κ1) is 22.3. The van der Waals surface area contributed by atoms with Gasteiger partial charge in [0.2, 0.25) is 5.91 Å². The SMILES string of the molecule is COc1cc(NC(=S)NC(=O)Cc2ccccc2)ccc1NC(=O)c1ccccc1Cl. The molecule has 8 heteroatoms. The number of ether oxygens (including phenoxy) is 1. The molecule has 0 aliphatic carbocycles. The summed E-state index contributed by atoms with van der Waals surface area (Å²) in [5.74, 6) is -0.156. The molecule has 0 aliphatic heterocycles. The van der Waals surface area contributed by atoms with E-state index in [0.29, 0.717) is 27.7 Å². The van der Waals surface area contributed by atoms with Gasteiger partial charge in [-0.05, 0) is 42.0 Å². The Morgan fingerprint density at radius 3 is 2.39 bits per heavy atom. The summed E-state index contributed by atoms with van der Waals surface area (Å²) in [7, 11) is 1.49. The van der Waals surface area contributed by atoms with Crippen molar-refractivity contribution in [1.82, 2.24) is 5.32 Å². The fourth-order valence-electron chi connectivity index (χ4n) is 2.82. The van der Waals surface area contributed by atoms with Crippen molar-refractivity contribution in [3.8, 4) is 5.75 Å². The minimum Gasteiger partial charge on any atom is -0.494 e. The number of carbonyl (C=O) groups excluding carboxylic acids is 2. The van der Waals surface area contributed by atoms with E-state index in [-0.39, 0.29) is 23.3 Å². The maximum Gasteiger partial charge on any atom is 0.257 e. The maximum absolute atomic E-state index is 12.5. The van der Waals surface area contributed by atoms with Gasteiger partial charge in [0.1, 0.15) is 5.75 Å². The van der Waals surface area contributed by atoms with Crippen LogP contribution in [-0.2, 0) is 11.2 Å². The molecule has 0 saturated carbocycles. The van der Waals surface area contributed by atoms with E-state index in [1.165, 1.54) is 7.11 Å². The van der Waals surface area contributed by atoms with Gasteiger partial charge in [-0.3, -0.25) is 9.59 Å². The number of thiocarbonyl (C=S) groups is 1. The molecule has 0 unspecified atom stereocenters.